The number of hydrazine groups is 1. The third-order valence-electron chi connectivity index (χ3n) is 8.91. The van der Waals surface area contributed by atoms with Gasteiger partial charge in [0.1, 0.15) is 29.5 Å². The van der Waals surface area contributed by atoms with E-state index in [-0.39, 0.29) is 34.4 Å². The van der Waals surface area contributed by atoms with Crippen molar-refractivity contribution in [1.29, 1.82) is 0 Å². The van der Waals surface area contributed by atoms with E-state index in [1.165, 1.54) is 25.3 Å². The molecular formula is C31H34N2O11. The van der Waals surface area contributed by atoms with E-state index in [1.54, 1.807) is 6.92 Å². The van der Waals surface area contributed by atoms with E-state index < -0.39 is 95.7 Å². The summed E-state index contributed by atoms with van der Waals surface area (Å²) in [5, 5.41) is 56.9. The number of aliphatic hydroxyl groups excluding tert-OH is 2. The summed E-state index contributed by atoms with van der Waals surface area (Å²) in [5.41, 5.74) is -0.321. The van der Waals surface area contributed by atoms with Crippen LogP contribution >= 0.6 is 0 Å². The van der Waals surface area contributed by atoms with Crippen LogP contribution in [-0.4, -0.2) is 98.3 Å². The zero-order valence-electron chi connectivity index (χ0n) is 24.1. The molecule has 4 unspecified atom stereocenters. The molecule has 2 aliphatic carbocycles. The number of benzene rings is 2. The summed E-state index contributed by atoms with van der Waals surface area (Å²) in [4.78, 5) is 40.2. The highest BCUT2D eigenvalue weighted by atomic mass is 16.7. The van der Waals surface area contributed by atoms with Gasteiger partial charge in [0.05, 0.1) is 48.2 Å². The molecule has 0 aromatic heterocycles. The molecule has 0 amide bonds. The third-order valence-corrected chi connectivity index (χ3v) is 8.91. The van der Waals surface area contributed by atoms with Gasteiger partial charge >= 0.3 is 0 Å². The van der Waals surface area contributed by atoms with Crippen molar-refractivity contribution in [3.8, 4) is 17.2 Å². The van der Waals surface area contributed by atoms with Crippen molar-refractivity contribution in [2.24, 2.45) is 0 Å². The molecule has 0 radical (unpaired) electrons. The van der Waals surface area contributed by atoms with Gasteiger partial charge < -0.3 is 44.8 Å². The number of nitrogens with zero attached hydrogens (tertiary/aromatic N) is 1. The fraction of sp³-hybridized carbons (Fsp3) is 0.452. The van der Waals surface area contributed by atoms with Crippen LogP contribution in [0.1, 0.15) is 75.3 Å². The van der Waals surface area contributed by atoms with Crippen molar-refractivity contribution < 1.29 is 54.1 Å². The standard InChI is InChI=1S/C31H34N2O11/c1-14-26(36)17(32-33-8-3-4-9-33)10-21(43-14)44-19-12-31(41,20(35)13-34)11-16-23(19)30(40)25-24(28(16)38)27(37)15-6-5-7-18(42-2)22(15)29(25)39/h3,5-8,14,17,19,21,26,32,34,36,38,40-41H,4,9-13H2,1-2H3/t14?,17?,19-,21?,26?,31-/m0/s1. The zero-order chi connectivity index (χ0) is 31.5. The van der Waals surface area contributed by atoms with Crippen LogP contribution in [0, 0.1) is 0 Å². The number of Topliss-reactive ketones (excluding diaryl/α,β-unsaturated/α-hetero) is 1. The van der Waals surface area contributed by atoms with Crippen LogP contribution in [0.4, 0.5) is 0 Å². The SMILES string of the molecule is COc1cccc2c1C(=O)c1c(O)c3c(c(O)c1C2=O)C[C@@](O)(C(=O)CO)C[C@@H]3OC1CC(NN2C=CCC2)C(O)C(C)O1. The van der Waals surface area contributed by atoms with Crippen LogP contribution in [0.25, 0.3) is 0 Å². The predicted molar refractivity (Wildman–Crippen MR) is 151 cm³/mol. The number of hydrogen-bond donors (Lipinski definition) is 6. The molecule has 2 aromatic carbocycles. The summed E-state index contributed by atoms with van der Waals surface area (Å²) in [6, 6.07) is 3.89. The molecular weight excluding hydrogens is 576 g/mol. The Hall–Kier alpha value is -3.85. The lowest BCUT2D eigenvalue weighted by molar-refractivity contribution is -0.252. The predicted octanol–water partition coefficient (Wildman–Crippen LogP) is 0.767. The van der Waals surface area contributed by atoms with Gasteiger partial charge in [-0.3, -0.25) is 14.4 Å². The van der Waals surface area contributed by atoms with E-state index in [0.717, 1.165) is 6.42 Å². The number of phenols is 2. The summed E-state index contributed by atoms with van der Waals surface area (Å²) >= 11 is 0. The third kappa shape index (κ3) is 4.76. The van der Waals surface area contributed by atoms with E-state index in [9.17, 15) is 39.9 Å². The summed E-state index contributed by atoms with van der Waals surface area (Å²) in [7, 11) is 1.33. The second-order valence-electron chi connectivity index (χ2n) is 11.6. The fourth-order valence-corrected chi connectivity index (χ4v) is 6.65. The highest BCUT2D eigenvalue weighted by molar-refractivity contribution is 6.31. The van der Waals surface area contributed by atoms with Gasteiger partial charge in [-0.2, -0.15) is 0 Å². The van der Waals surface area contributed by atoms with Crippen molar-refractivity contribution in [3.05, 3.63) is 63.9 Å². The molecule has 13 heteroatoms. The van der Waals surface area contributed by atoms with Crippen LogP contribution < -0.4 is 10.2 Å². The molecule has 6 N–H and O–H groups in total. The first kappa shape index (κ1) is 30.2. The summed E-state index contributed by atoms with van der Waals surface area (Å²) < 4.78 is 17.5. The number of aliphatic hydroxyl groups is 3. The van der Waals surface area contributed by atoms with Gasteiger partial charge in [0, 0.05) is 48.7 Å². The average Bonchev–Trinajstić information content (AvgIpc) is 3.52. The topological polar surface area (TPSA) is 195 Å². The maximum Gasteiger partial charge on any atom is 0.202 e. The van der Waals surface area contributed by atoms with Gasteiger partial charge in [0.25, 0.3) is 0 Å². The molecule has 0 spiro atoms. The smallest absolute Gasteiger partial charge is 0.202 e. The molecule has 1 fully saturated rings. The minimum absolute atomic E-state index is 0.0451. The van der Waals surface area contributed by atoms with E-state index in [0.29, 0.717) is 6.54 Å². The number of nitrogens with one attached hydrogen (secondary N) is 1. The quantitative estimate of drug-likeness (QED) is 0.206. The van der Waals surface area contributed by atoms with Gasteiger partial charge in [-0.25, -0.2) is 5.43 Å². The molecule has 13 nitrogen and oxygen atoms in total. The molecule has 2 heterocycles. The van der Waals surface area contributed by atoms with Crippen molar-refractivity contribution in [1.82, 2.24) is 10.4 Å². The van der Waals surface area contributed by atoms with Crippen LogP contribution in [0.2, 0.25) is 0 Å². The Bertz CT molecular complexity index is 1570. The first-order valence-electron chi connectivity index (χ1n) is 14.4. The van der Waals surface area contributed by atoms with Gasteiger partial charge in [-0.15, -0.1) is 0 Å². The van der Waals surface area contributed by atoms with Gasteiger partial charge in [-0.1, -0.05) is 18.2 Å². The van der Waals surface area contributed by atoms with Gasteiger partial charge in [0.2, 0.25) is 5.78 Å². The maximum atomic E-state index is 13.8. The van der Waals surface area contributed by atoms with E-state index in [2.05, 4.69) is 5.43 Å². The Kier molecular flexibility index (Phi) is 7.72. The van der Waals surface area contributed by atoms with Crippen molar-refractivity contribution in [3.63, 3.8) is 0 Å². The molecule has 1 saturated heterocycles. The Balaban J connectivity index is 1.44. The fourth-order valence-electron chi connectivity index (χ4n) is 6.65. The molecule has 0 bridgehead atoms. The number of ketones is 3. The lowest BCUT2D eigenvalue weighted by atomic mass is 9.72. The zero-order valence-corrected chi connectivity index (χ0v) is 24.1. The minimum Gasteiger partial charge on any atom is -0.507 e. The second kappa shape index (κ2) is 11.3. The molecule has 4 aliphatic rings. The van der Waals surface area contributed by atoms with Crippen molar-refractivity contribution in [2.75, 3.05) is 20.3 Å². The highest BCUT2D eigenvalue weighted by Gasteiger charge is 2.50. The number of ether oxygens (including phenoxy) is 3. The van der Waals surface area contributed by atoms with E-state index in [1.807, 2.05) is 17.3 Å². The average molecular weight is 611 g/mol. The Labute approximate surface area is 252 Å². The van der Waals surface area contributed by atoms with Crippen LogP contribution in [-0.2, 0) is 20.7 Å². The number of phenolic OH excluding ortho intramolecular Hbond substituents is 2. The molecule has 234 valence electrons. The lowest BCUT2D eigenvalue weighted by Crippen LogP contribution is -2.57. The molecule has 0 saturated carbocycles. The normalized spacial score (nSPS) is 29.3. The molecule has 2 aromatic rings. The maximum absolute atomic E-state index is 13.8. The van der Waals surface area contributed by atoms with Gasteiger partial charge in [-0.05, 0) is 19.4 Å². The van der Waals surface area contributed by atoms with Gasteiger partial charge in [0.15, 0.2) is 17.9 Å². The number of carbonyl (C=O) groups excluding carboxylic acids is 3. The van der Waals surface area contributed by atoms with Crippen LogP contribution in [0.3, 0.4) is 0 Å². The van der Waals surface area contributed by atoms with Crippen molar-refractivity contribution in [2.45, 2.75) is 68.9 Å². The number of carbonyl (C=O) groups is 3. The minimum atomic E-state index is -2.24. The molecule has 6 rings (SSSR count). The number of fused-ring (bicyclic) bond motifs is 3. The van der Waals surface area contributed by atoms with Crippen LogP contribution in [0.5, 0.6) is 17.2 Å². The second-order valence-corrected chi connectivity index (χ2v) is 11.6. The first-order valence-corrected chi connectivity index (χ1v) is 14.4. The highest BCUT2D eigenvalue weighted by Crippen LogP contribution is 2.52. The van der Waals surface area contributed by atoms with E-state index >= 15 is 0 Å². The number of aromatic hydroxyl groups is 2. The number of rotatable bonds is 7. The largest absolute Gasteiger partial charge is 0.507 e. The summed E-state index contributed by atoms with van der Waals surface area (Å²) in [6.07, 6.45) is -0.207. The Morgan fingerprint density at radius 2 is 1.91 bits per heavy atom. The number of hydrogen-bond acceptors (Lipinski definition) is 13. The summed E-state index contributed by atoms with van der Waals surface area (Å²) in [5.74, 6) is -3.71. The molecule has 44 heavy (non-hydrogen) atoms. The molecule has 6 atom stereocenters. The number of methoxy groups -OCH3 is 1. The Morgan fingerprint density at radius 3 is 2.59 bits per heavy atom. The lowest BCUT2D eigenvalue weighted by Gasteiger charge is -2.43. The van der Waals surface area contributed by atoms with Crippen LogP contribution in [0.15, 0.2) is 30.5 Å². The summed E-state index contributed by atoms with van der Waals surface area (Å²) in [6.45, 7) is 1.35. The first-order chi connectivity index (χ1) is 21.0. The van der Waals surface area contributed by atoms with Crippen molar-refractivity contribution >= 4 is 17.3 Å². The molecule has 2 aliphatic heterocycles. The Morgan fingerprint density at radius 1 is 1.16 bits per heavy atom. The van der Waals surface area contributed by atoms with E-state index in [4.69, 9.17) is 14.2 Å². The monoisotopic (exact) mass is 610 g/mol.